The number of nitrogens with one attached hydrogen (secondary N) is 1. The first kappa shape index (κ1) is 17.9. The lowest BCUT2D eigenvalue weighted by molar-refractivity contribution is 0.397. The van der Waals surface area contributed by atoms with Crippen molar-refractivity contribution in [1.29, 1.82) is 0 Å². The molecule has 0 radical (unpaired) electrons. The van der Waals surface area contributed by atoms with Gasteiger partial charge in [-0.1, -0.05) is 20.8 Å². The molecule has 0 unspecified atom stereocenters. The smallest absolute Gasteiger partial charge is 0.238 e. The Morgan fingerprint density at radius 2 is 1.71 bits per heavy atom. The van der Waals surface area contributed by atoms with Gasteiger partial charge in [-0.2, -0.15) is 0 Å². The van der Waals surface area contributed by atoms with Crippen LogP contribution in [0, 0.1) is 12.3 Å². The molecule has 6 nitrogen and oxygen atoms in total. The lowest BCUT2D eigenvalue weighted by atomic mass is 9.94. The molecule has 0 atom stereocenters. The van der Waals surface area contributed by atoms with E-state index in [2.05, 4.69) is 4.72 Å². The van der Waals surface area contributed by atoms with Crippen LogP contribution in [0.15, 0.2) is 23.1 Å². The molecule has 0 heterocycles. The van der Waals surface area contributed by atoms with E-state index in [4.69, 9.17) is 5.14 Å². The third-order valence-corrected chi connectivity index (χ3v) is 5.10. The van der Waals surface area contributed by atoms with Gasteiger partial charge in [-0.05, 0) is 42.5 Å². The molecule has 0 fully saturated rings. The molecule has 0 aromatic heterocycles. The van der Waals surface area contributed by atoms with Crippen LogP contribution in [0.5, 0.6) is 0 Å². The van der Waals surface area contributed by atoms with Crippen molar-refractivity contribution in [3.8, 4) is 0 Å². The largest absolute Gasteiger partial charge is 0.283 e. The standard InChI is InChI=1S/C13H22N2O4S2/c1-10-9-11(21(14,18)19)5-6-12(10)15-20(16,17)8-7-13(2,3)4/h5-6,9,15H,7-8H2,1-4H3,(H2,14,18,19). The first-order chi connectivity index (χ1) is 9.30. The summed E-state index contributed by atoms with van der Waals surface area (Å²) in [6, 6.07) is 4.03. The maximum absolute atomic E-state index is 12.0. The summed E-state index contributed by atoms with van der Waals surface area (Å²) in [6.07, 6.45) is 0.524. The molecule has 0 saturated carbocycles. The molecule has 0 aliphatic carbocycles. The van der Waals surface area contributed by atoms with Crippen molar-refractivity contribution in [2.24, 2.45) is 10.6 Å². The molecule has 21 heavy (non-hydrogen) atoms. The first-order valence-corrected chi connectivity index (χ1v) is 9.64. The van der Waals surface area contributed by atoms with Gasteiger partial charge in [0.15, 0.2) is 0 Å². The molecule has 3 N–H and O–H groups in total. The summed E-state index contributed by atoms with van der Waals surface area (Å²) < 4.78 is 49.0. The van der Waals surface area contributed by atoms with E-state index in [9.17, 15) is 16.8 Å². The maximum Gasteiger partial charge on any atom is 0.238 e. The number of primary sulfonamides is 1. The van der Waals surface area contributed by atoms with Crippen LogP contribution in [-0.4, -0.2) is 22.6 Å². The predicted octanol–water partition coefficient (Wildman–Crippen LogP) is 1.82. The number of hydrogen-bond acceptors (Lipinski definition) is 4. The quantitative estimate of drug-likeness (QED) is 0.856. The lowest BCUT2D eigenvalue weighted by Gasteiger charge is -2.18. The van der Waals surface area contributed by atoms with Gasteiger partial charge in [0, 0.05) is 0 Å². The van der Waals surface area contributed by atoms with Crippen LogP contribution >= 0.6 is 0 Å². The number of benzene rings is 1. The predicted molar refractivity (Wildman–Crippen MR) is 84.0 cm³/mol. The van der Waals surface area contributed by atoms with Gasteiger partial charge >= 0.3 is 0 Å². The van der Waals surface area contributed by atoms with Gasteiger partial charge in [0.25, 0.3) is 0 Å². The van der Waals surface area contributed by atoms with Crippen molar-refractivity contribution in [2.75, 3.05) is 10.5 Å². The Morgan fingerprint density at radius 1 is 1.14 bits per heavy atom. The van der Waals surface area contributed by atoms with E-state index in [1.165, 1.54) is 18.2 Å². The highest BCUT2D eigenvalue weighted by atomic mass is 32.2. The summed E-state index contributed by atoms with van der Waals surface area (Å²) in [5.74, 6) is 0.00682. The van der Waals surface area contributed by atoms with Gasteiger partial charge in [-0.25, -0.2) is 22.0 Å². The number of anilines is 1. The fourth-order valence-electron chi connectivity index (χ4n) is 1.59. The van der Waals surface area contributed by atoms with E-state index >= 15 is 0 Å². The van der Waals surface area contributed by atoms with E-state index in [0.29, 0.717) is 17.7 Å². The van der Waals surface area contributed by atoms with Crippen LogP contribution in [0.3, 0.4) is 0 Å². The van der Waals surface area contributed by atoms with Crippen molar-refractivity contribution in [2.45, 2.75) is 39.0 Å². The van der Waals surface area contributed by atoms with E-state index in [-0.39, 0.29) is 16.1 Å². The topological polar surface area (TPSA) is 106 Å². The van der Waals surface area contributed by atoms with Crippen molar-refractivity contribution in [3.63, 3.8) is 0 Å². The second-order valence-corrected chi connectivity index (χ2v) is 9.66. The van der Waals surface area contributed by atoms with Gasteiger partial charge < -0.3 is 0 Å². The Kier molecular flexibility index (Phi) is 5.07. The molecular formula is C13H22N2O4S2. The zero-order chi connectivity index (χ0) is 16.5. The van der Waals surface area contributed by atoms with Crippen molar-refractivity contribution >= 4 is 25.7 Å². The average molecular weight is 334 g/mol. The van der Waals surface area contributed by atoms with Crippen LogP contribution in [0.4, 0.5) is 5.69 Å². The minimum Gasteiger partial charge on any atom is -0.283 e. The molecular weight excluding hydrogens is 312 g/mol. The highest BCUT2D eigenvalue weighted by molar-refractivity contribution is 7.92. The van der Waals surface area contributed by atoms with Gasteiger partial charge in [0.05, 0.1) is 16.3 Å². The Morgan fingerprint density at radius 3 is 2.14 bits per heavy atom. The van der Waals surface area contributed by atoms with E-state index in [1.807, 2.05) is 20.8 Å². The second kappa shape index (κ2) is 5.94. The van der Waals surface area contributed by atoms with Crippen molar-refractivity contribution in [1.82, 2.24) is 0 Å². The summed E-state index contributed by atoms with van der Waals surface area (Å²) in [6.45, 7) is 7.52. The van der Waals surface area contributed by atoms with Crippen molar-refractivity contribution < 1.29 is 16.8 Å². The number of aryl methyl sites for hydroxylation is 1. The Bertz CT molecular complexity index is 717. The van der Waals surface area contributed by atoms with E-state index < -0.39 is 20.0 Å². The van der Waals surface area contributed by atoms with Crippen LogP contribution in [0.1, 0.15) is 32.8 Å². The van der Waals surface area contributed by atoms with Crippen LogP contribution in [0.2, 0.25) is 0 Å². The molecule has 1 rings (SSSR count). The van der Waals surface area contributed by atoms with Crippen LogP contribution in [0.25, 0.3) is 0 Å². The van der Waals surface area contributed by atoms with Crippen molar-refractivity contribution in [3.05, 3.63) is 23.8 Å². The SMILES string of the molecule is Cc1cc(S(N)(=O)=O)ccc1NS(=O)(=O)CCC(C)(C)C. The summed E-state index contributed by atoms with van der Waals surface area (Å²) in [7, 11) is -7.26. The van der Waals surface area contributed by atoms with E-state index in [0.717, 1.165) is 0 Å². The zero-order valence-electron chi connectivity index (χ0n) is 12.7. The highest BCUT2D eigenvalue weighted by Crippen LogP contribution is 2.23. The molecule has 8 heteroatoms. The summed E-state index contributed by atoms with van der Waals surface area (Å²) in [5, 5.41) is 5.03. The molecule has 0 aliphatic rings. The minimum atomic E-state index is -3.79. The maximum atomic E-state index is 12.0. The number of hydrogen-bond donors (Lipinski definition) is 2. The third-order valence-electron chi connectivity index (χ3n) is 2.91. The van der Waals surface area contributed by atoms with Gasteiger partial charge in [0.1, 0.15) is 0 Å². The summed E-state index contributed by atoms with van der Waals surface area (Å²) in [5.41, 5.74) is 0.776. The molecule has 0 bridgehead atoms. The van der Waals surface area contributed by atoms with Crippen LogP contribution < -0.4 is 9.86 Å². The fourth-order valence-corrected chi connectivity index (χ4v) is 3.73. The average Bonchev–Trinajstić information content (AvgIpc) is 2.27. The highest BCUT2D eigenvalue weighted by Gasteiger charge is 2.18. The molecule has 1 aromatic carbocycles. The molecule has 0 saturated heterocycles. The summed E-state index contributed by atoms with van der Waals surface area (Å²) in [4.78, 5) is -0.0439. The second-order valence-electron chi connectivity index (χ2n) is 6.25. The van der Waals surface area contributed by atoms with Crippen LogP contribution in [-0.2, 0) is 20.0 Å². The molecule has 1 aromatic rings. The molecule has 120 valence electrons. The van der Waals surface area contributed by atoms with E-state index in [1.54, 1.807) is 6.92 Å². The Labute approximate surface area is 126 Å². The molecule has 0 aliphatic heterocycles. The normalized spacial score (nSPS) is 13.2. The summed E-state index contributed by atoms with van der Waals surface area (Å²) >= 11 is 0. The minimum absolute atomic E-state index is 0.00682. The number of sulfonamides is 2. The van der Waals surface area contributed by atoms with Gasteiger partial charge in [-0.3, -0.25) is 4.72 Å². The fraction of sp³-hybridized carbons (Fsp3) is 0.538. The third kappa shape index (κ3) is 6.03. The van der Waals surface area contributed by atoms with Gasteiger partial charge in [-0.15, -0.1) is 0 Å². The monoisotopic (exact) mass is 334 g/mol. The first-order valence-electron chi connectivity index (χ1n) is 6.44. The molecule has 0 spiro atoms. The molecule has 0 amide bonds. The zero-order valence-corrected chi connectivity index (χ0v) is 14.3. The number of nitrogens with two attached hydrogens (primary N) is 1. The number of rotatable bonds is 5. The van der Waals surface area contributed by atoms with Gasteiger partial charge in [0.2, 0.25) is 20.0 Å². The lowest BCUT2D eigenvalue weighted by Crippen LogP contribution is -2.21. The Balaban J connectivity index is 2.94. The Hall–Kier alpha value is -1.12.